The van der Waals surface area contributed by atoms with Crippen molar-refractivity contribution in [1.29, 1.82) is 0 Å². The van der Waals surface area contributed by atoms with E-state index >= 15 is 0 Å². The molecule has 0 radical (unpaired) electrons. The van der Waals surface area contributed by atoms with Crippen LogP contribution in [0, 0.1) is 5.92 Å². The van der Waals surface area contributed by atoms with Crippen molar-refractivity contribution >= 4 is 37.5 Å². The van der Waals surface area contributed by atoms with Crippen molar-refractivity contribution in [1.82, 2.24) is 4.90 Å². The van der Waals surface area contributed by atoms with Crippen LogP contribution >= 0.6 is 31.9 Å². The molecule has 0 heterocycles. The highest BCUT2D eigenvalue weighted by Crippen LogP contribution is 2.45. The van der Waals surface area contributed by atoms with Crippen LogP contribution < -0.4 is 5.73 Å². The maximum atomic E-state index is 11.9. The zero-order valence-electron chi connectivity index (χ0n) is 17.2. The Morgan fingerprint density at radius 3 is 2.31 bits per heavy atom. The minimum Gasteiger partial charge on any atom is -0.397 e. The summed E-state index contributed by atoms with van der Waals surface area (Å²) >= 11 is 7.14. The normalized spacial score (nSPS) is 17.4. The first-order chi connectivity index (χ1) is 13.9. The summed E-state index contributed by atoms with van der Waals surface area (Å²) < 4.78 is 1.69. The van der Waals surface area contributed by atoms with Gasteiger partial charge in [-0.3, -0.25) is 0 Å². The third-order valence-corrected chi connectivity index (χ3v) is 7.56. The molecule has 1 unspecified atom stereocenters. The number of halogens is 2. The number of anilines is 1. The molecule has 1 fully saturated rings. The van der Waals surface area contributed by atoms with Gasteiger partial charge in [0.1, 0.15) is 0 Å². The van der Waals surface area contributed by atoms with Gasteiger partial charge in [-0.1, -0.05) is 49.6 Å². The summed E-state index contributed by atoms with van der Waals surface area (Å²) in [5.41, 5.74) is 8.27. The average molecular weight is 524 g/mol. The third kappa shape index (κ3) is 5.84. The molecule has 1 atom stereocenters. The molecule has 0 bridgehead atoms. The molecule has 2 aromatic carbocycles. The molecule has 3 rings (SSSR count). The fourth-order valence-corrected chi connectivity index (χ4v) is 5.78. The van der Waals surface area contributed by atoms with Crippen molar-refractivity contribution < 1.29 is 5.11 Å². The first-order valence-corrected chi connectivity index (χ1v) is 12.2. The molecule has 3 nitrogen and oxygen atoms in total. The van der Waals surface area contributed by atoms with Gasteiger partial charge in [0.15, 0.2) is 0 Å². The van der Waals surface area contributed by atoms with Crippen LogP contribution in [0.5, 0.6) is 0 Å². The van der Waals surface area contributed by atoms with E-state index in [1.165, 1.54) is 24.8 Å². The van der Waals surface area contributed by atoms with Gasteiger partial charge in [-0.05, 0) is 100 Å². The van der Waals surface area contributed by atoms with Crippen LogP contribution in [0.3, 0.4) is 0 Å². The third-order valence-electron chi connectivity index (χ3n) is 6.25. The van der Waals surface area contributed by atoms with Crippen LogP contribution in [0.4, 0.5) is 5.69 Å². The SMILES string of the molecule is CN(CCCC(O)(c1cc(Br)c(N)c(Br)c1)C1CCCCC1)Cc1ccccc1. The highest BCUT2D eigenvalue weighted by Gasteiger charge is 2.39. The number of nitrogens with two attached hydrogens (primary N) is 1. The molecule has 0 saturated heterocycles. The van der Waals surface area contributed by atoms with Crippen molar-refractivity contribution in [2.75, 3.05) is 19.3 Å². The maximum absolute atomic E-state index is 11.9. The largest absolute Gasteiger partial charge is 0.397 e. The summed E-state index contributed by atoms with van der Waals surface area (Å²) in [4.78, 5) is 2.34. The van der Waals surface area contributed by atoms with E-state index in [2.05, 4.69) is 74.1 Å². The Balaban J connectivity index is 1.72. The Hall–Kier alpha value is -0.880. The summed E-state index contributed by atoms with van der Waals surface area (Å²) in [5, 5.41) is 11.9. The van der Waals surface area contributed by atoms with E-state index in [1.54, 1.807) is 0 Å². The van der Waals surface area contributed by atoms with Crippen LogP contribution in [-0.2, 0) is 12.1 Å². The maximum Gasteiger partial charge on any atom is 0.0925 e. The molecule has 0 aliphatic heterocycles. The van der Waals surface area contributed by atoms with Gasteiger partial charge in [-0.2, -0.15) is 0 Å². The van der Waals surface area contributed by atoms with E-state index in [1.807, 2.05) is 12.1 Å². The smallest absolute Gasteiger partial charge is 0.0925 e. The second kappa shape index (κ2) is 10.4. The molecular weight excluding hydrogens is 492 g/mol. The summed E-state index contributed by atoms with van der Waals surface area (Å²) in [6, 6.07) is 14.6. The van der Waals surface area contributed by atoms with E-state index in [4.69, 9.17) is 5.73 Å². The van der Waals surface area contributed by atoms with Gasteiger partial charge in [0.25, 0.3) is 0 Å². The second-order valence-corrected chi connectivity index (χ2v) is 10.1. The summed E-state index contributed by atoms with van der Waals surface area (Å²) in [6.45, 7) is 1.89. The number of aliphatic hydroxyl groups is 1. The monoisotopic (exact) mass is 522 g/mol. The molecule has 0 spiro atoms. The average Bonchev–Trinajstić information content (AvgIpc) is 2.73. The molecular formula is C24H32Br2N2O. The second-order valence-electron chi connectivity index (χ2n) is 8.44. The minimum atomic E-state index is -0.813. The lowest BCUT2D eigenvalue weighted by Gasteiger charge is -2.40. The number of nitrogens with zero attached hydrogens (tertiary/aromatic N) is 1. The van der Waals surface area contributed by atoms with Gasteiger partial charge in [-0.25, -0.2) is 0 Å². The Bertz CT molecular complexity index is 770. The van der Waals surface area contributed by atoms with Crippen molar-refractivity contribution in [3.63, 3.8) is 0 Å². The van der Waals surface area contributed by atoms with Gasteiger partial charge >= 0.3 is 0 Å². The van der Waals surface area contributed by atoms with E-state index < -0.39 is 5.60 Å². The van der Waals surface area contributed by atoms with E-state index in [9.17, 15) is 5.11 Å². The lowest BCUT2D eigenvalue weighted by molar-refractivity contribution is -0.0488. The standard InChI is InChI=1S/C24H32Br2N2O/c1-28(17-18-9-4-2-5-10-18)14-8-13-24(29,19-11-6-3-7-12-19)20-15-21(25)23(27)22(26)16-20/h2,4-5,9-10,15-16,19,29H,3,6-8,11-14,17,27H2,1H3. The predicted molar refractivity (Wildman–Crippen MR) is 129 cm³/mol. The van der Waals surface area contributed by atoms with Crippen LogP contribution in [0.25, 0.3) is 0 Å². The number of nitrogen functional groups attached to an aromatic ring is 1. The number of benzene rings is 2. The molecule has 5 heteroatoms. The number of hydrogen-bond donors (Lipinski definition) is 2. The molecule has 3 N–H and O–H groups in total. The van der Waals surface area contributed by atoms with Gasteiger partial charge in [0.2, 0.25) is 0 Å². The van der Waals surface area contributed by atoms with Gasteiger partial charge in [-0.15, -0.1) is 0 Å². The Morgan fingerprint density at radius 1 is 1.07 bits per heavy atom. The highest BCUT2D eigenvalue weighted by atomic mass is 79.9. The van der Waals surface area contributed by atoms with E-state index in [-0.39, 0.29) is 0 Å². The fraction of sp³-hybridized carbons (Fsp3) is 0.500. The molecule has 2 aromatic rings. The fourth-order valence-electron chi connectivity index (χ4n) is 4.59. The first-order valence-electron chi connectivity index (χ1n) is 10.6. The molecule has 1 saturated carbocycles. The Kier molecular flexibility index (Phi) is 8.20. The Labute approximate surface area is 191 Å². The van der Waals surface area contributed by atoms with Gasteiger partial charge in [0.05, 0.1) is 11.3 Å². The van der Waals surface area contributed by atoms with Crippen molar-refractivity contribution in [2.24, 2.45) is 5.92 Å². The molecule has 1 aliphatic carbocycles. The van der Waals surface area contributed by atoms with Crippen LogP contribution in [-0.4, -0.2) is 23.6 Å². The minimum absolute atomic E-state index is 0.304. The van der Waals surface area contributed by atoms with Crippen LogP contribution in [0.2, 0.25) is 0 Å². The van der Waals surface area contributed by atoms with Crippen molar-refractivity contribution in [3.05, 3.63) is 62.5 Å². The molecule has 0 aromatic heterocycles. The van der Waals surface area contributed by atoms with Gasteiger partial charge in [0, 0.05) is 15.5 Å². The van der Waals surface area contributed by atoms with E-state index in [0.29, 0.717) is 11.6 Å². The predicted octanol–water partition coefficient (Wildman–Crippen LogP) is 6.47. The molecule has 0 amide bonds. The first kappa shape index (κ1) is 22.8. The lowest BCUT2D eigenvalue weighted by Crippen LogP contribution is -2.37. The van der Waals surface area contributed by atoms with Crippen molar-refractivity contribution in [2.45, 2.75) is 57.1 Å². The van der Waals surface area contributed by atoms with Crippen molar-refractivity contribution in [3.8, 4) is 0 Å². The summed E-state index contributed by atoms with van der Waals surface area (Å²) in [5.74, 6) is 0.304. The zero-order chi connectivity index (χ0) is 20.9. The summed E-state index contributed by atoms with van der Waals surface area (Å²) in [6.07, 6.45) is 7.60. The number of hydrogen-bond acceptors (Lipinski definition) is 3. The number of rotatable bonds is 8. The summed E-state index contributed by atoms with van der Waals surface area (Å²) in [7, 11) is 2.16. The van der Waals surface area contributed by atoms with Crippen LogP contribution in [0.15, 0.2) is 51.4 Å². The lowest BCUT2D eigenvalue weighted by atomic mass is 9.71. The van der Waals surface area contributed by atoms with Crippen LogP contribution in [0.1, 0.15) is 56.1 Å². The molecule has 1 aliphatic rings. The molecule has 29 heavy (non-hydrogen) atoms. The topological polar surface area (TPSA) is 49.5 Å². The molecule has 158 valence electrons. The Morgan fingerprint density at radius 2 is 1.69 bits per heavy atom. The zero-order valence-corrected chi connectivity index (χ0v) is 20.4. The van der Waals surface area contributed by atoms with E-state index in [0.717, 1.165) is 53.3 Å². The quantitative estimate of drug-likeness (QED) is 0.389. The van der Waals surface area contributed by atoms with Gasteiger partial charge < -0.3 is 15.7 Å². The highest BCUT2D eigenvalue weighted by molar-refractivity contribution is 9.11.